The molecule has 68 valence electrons. The standard InChI is InChI=1S/C9H9ClN2O/c10-6-2-1-5-3-7(11)9(13)12-8(5)4-6/h1-2,4,7H,3,11H2,(H,12,13). The summed E-state index contributed by atoms with van der Waals surface area (Å²) in [7, 11) is 0. The minimum atomic E-state index is -0.436. The molecule has 1 unspecified atom stereocenters. The molecule has 1 aliphatic rings. The van der Waals surface area contributed by atoms with Gasteiger partial charge in [0, 0.05) is 10.7 Å². The van der Waals surface area contributed by atoms with Gasteiger partial charge in [0.25, 0.3) is 0 Å². The van der Waals surface area contributed by atoms with Crippen LogP contribution in [0.15, 0.2) is 18.2 Å². The number of halogens is 1. The van der Waals surface area contributed by atoms with Gasteiger partial charge in [-0.05, 0) is 24.1 Å². The Labute approximate surface area is 80.9 Å². The number of hydrogen-bond donors (Lipinski definition) is 2. The molecule has 0 fully saturated rings. The van der Waals surface area contributed by atoms with E-state index in [1.165, 1.54) is 0 Å². The van der Waals surface area contributed by atoms with E-state index in [1.54, 1.807) is 12.1 Å². The fraction of sp³-hybridized carbons (Fsp3) is 0.222. The monoisotopic (exact) mass is 196 g/mol. The maximum Gasteiger partial charge on any atom is 0.241 e. The van der Waals surface area contributed by atoms with Crippen molar-refractivity contribution in [1.82, 2.24) is 0 Å². The van der Waals surface area contributed by atoms with Crippen LogP contribution in [0.25, 0.3) is 0 Å². The van der Waals surface area contributed by atoms with Crippen molar-refractivity contribution in [3.8, 4) is 0 Å². The van der Waals surface area contributed by atoms with E-state index in [1.807, 2.05) is 6.07 Å². The quantitative estimate of drug-likeness (QED) is 0.655. The van der Waals surface area contributed by atoms with Gasteiger partial charge in [0.1, 0.15) is 0 Å². The Morgan fingerprint density at radius 2 is 2.31 bits per heavy atom. The van der Waals surface area contributed by atoms with E-state index in [2.05, 4.69) is 5.32 Å². The fourth-order valence-electron chi connectivity index (χ4n) is 1.40. The highest BCUT2D eigenvalue weighted by molar-refractivity contribution is 6.31. The minimum Gasteiger partial charge on any atom is -0.324 e. The predicted molar refractivity (Wildman–Crippen MR) is 51.8 cm³/mol. The van der Waals surface area contributed by atoms with Gasteiger partial charge in [-0.2, -0.15) is 0 Å². The van der Waals surface area contributed by atoms with E-state index in [0.717, 1.165) is 11.3 Å². The van der Waals surface area contributed by atoms with E-state index in [0.29, 0.717) is 11.4 Å². The molecule has 0 aliphatic carbocycles. The smallest absolute Gasteiger partial charge is 0.241 e. The molecular formula is C9H9ClN2O. The van der Waals surface area contributed by atoms with Crippen molar-refractivity contribution in [2.24, 2.45) is 5.73 Å². The van der Waals surface area contributed by atoms with Gasteiger partial charge < -0.3 is 11.1 Å². The van der Waals surface area contributed by atoms with Crippen LogP contribution in [0.5, 0.6) is 0 Å². The van der Waals surface area contributed by atoms with Gasteiger partial charge >= 0.3 is 0 Å². The highest BCUT2D eigenvalue weighted by Crippen LogP contribution is 2.25. The number of rotatable bonds is 0. The van der Waals surface area contributed by atoms with Gasteiger partial charge in [0.2, 0.25) is 5.91 Å². The summed E-state index contributed by atoms with van der Waals surface area (Å²) in [5.41, 5.74) is 7.40. The number of carbonyl (C=O) groups is 1. The van der Waals surface area contributed by atoms with Crippen molar-refractivity contribution in [1.29, 1.82) is 0 Å². The molecule has 1 aliphatic heterocycles. The number of anilines is 1. The van der Waals surface area contributed by atoms with Crippen LogP contribution in [-0.4, -0.2) is 11.9 Å². The van der Waals surface area contributed by atoms with E-state index in [9.17, 15) is 4.79 Å². The van der Waals surface area contributed by atoms with Crippen LogP contribution in [0.2, 0.25) is 5.02 Å². The first-order valence-electron chi connectivity index (χ1n) is 4.01. The summed E-state index contributed by atoms with van der Waals surface area (Å²) in [5, 5.41) is 3.32. The molecule has 0 saturated carbocycles. The lowest BCUT2D eigenvalue weighted by Gasteiger charge is -2.21. The summed E-state index contributed by atoms with van der Waals surface area (Å²) >= 11 is 5.78. The molecule has 0 spiro atoms. The Hall–Kier alpha value is -1.06. The molecule has 0 aromatic heterocycles. The number of fused-ring (bicyclic) bond motifs is 1. The van der Waals surface area contributed by atoms with Crippen LogP contribution in [-0.2, 0) is 11.2 Å². The van der Waals surface area contributed by atoms with Crippen LogP contribution in [0.1, 0.15) is 5.56 Å². The second kappa shape index (κ2) is 3.01. The first kappa shape index (κ1) is 8.53. The number of carbonyl (C=O) groups excluding carboxylic acids is 1. The first-order chi connectivity index (χ1) is 6.16. The maximum atomic E-state index is 11.2. The van der Waals surface area contributed by atoms with Crippen LogP contribution < -0.4 is 11.1 Å². The van der Waals surface area contributed by atoms with Crippen molar-refractivity contribution in [3.63, 3.8) is 0 Å². The molecular weight excluding hydrogens is 188 g/mol. The minimum absolute atomic E-state index is 0.144. The summed E-state index contributed by atoms with van der Waals surface area (Å²) in [5.74, 6) is -0.144. The van der Waals surface area contributed by atoms with Gasteiger partial charge in [0.15, 0.2) is 0 Å². The van der Waals surface area contributed by atoms with Crippen LogP contribution >= 0.6 is 11.6 Å². The molecule has 2 rings (SSSR count). The van der Waals surface area contributed by atoms with E-state index in [-0.39, 0.29) is 5.91 Å². The zero-order valence-electron chi connectivity index (χ0n) is 6.88. The number of nitrogens with one attached hydrogen (secondary N) is 1. The lowest BCUT2D eigenvalue weighted by Crippen LogP contribution is -2.40. The van der Waals surface area contributed by atoms with Crippen LogP contribution in [0.3, 0.4) is 0 Å². The Morgan fingerprint density at radius 1 is 1.54 bits per heavy atom. The molecule has 1 atom stereocenters. The van der Waals surface area contributed by atoms with Gasteiger partial charge in [-0.3, -0.25) is 4.79 Å². The van der Waals surface area contributed by atoms with Gasteiger partial charge in [0.05, 0.1) is 6.04 Å². The predicted octanol–water partition coefficient (Wildman–Crippen LogP) is 1.16. The summed E-state index contributed by atoms with van der Waals surface area (Å²) in [6.07, 6.45) is 0.582. The molecule has 13 heavy (non-hydrogen) atoms. The van der Waals surface area contributed by atoms with Crippen molar-refractivity contribution in [2.45, 2.75) is 12.5 Å². The first-order valence-corrected chi connectivity index (χ1v) is 4.39. The maximum absolute atomic E-state index is 11.2. The van der Waals surface area contributed by atoms with E-state index < -0.39 is 6.04 Å². The largest absolute Gasteiger partial charge is 0.324 e. The third kappa shape index (κ3) is 1.53. The Bertz CT molecular complexity index is 365. The second-order valence-corrected chi connectivity index (χ2v) is 3.54. The average molecular weight is 197 g/mol. The lowest BCUT2D eigenvalue weighted by molar-refractivity contribution is -0.117. The zero-order valence-corrected chi connectivity index (χ0v) is 7.64. The molecule has 1 heterocycles. The number of amides is 1. The highest BCUT2D eigenvalue weighted by Gasteiger charge is 2.22. The van der Waals surface area contributed by atoms with Crippen molar-refractivity contribution in [3.05, 3.63) is 28.8 Å². The van der Waals surface area contributed by atoms with Gasteiger partial charge in [-0.25, -0.2) is 0 Å². The summed E-state index contributed by atoms with van der Waals surface area (Å²) in [6, 6.07) is 4.98. The van der Waals surface area contributed by atoms with E-state index >= 15 is 0 Å². The second-order valence-electron chi connectivity index (χ2n) is 3.10. The van der Waals surface area contributed by atoms with E-state index in [4.69, 9.17) is 17.3 Å². The molecule has 1 amide bonds. The normalized spacial score (nSPS) is 20.8. The SMILES string of the molecule is NC1Cc2ccc(Cl)cc2NC1=O. The van der Waals surface area contributed by atoms with Crippen LogP contribution in [0.4, 0.5) is 5.69 Å². The number of nitrogens with two attached hydrogens (primary N) is 1. The zero-order chi connectivity index (χ0) is 9.42. The highest BCUT2D eigenvalue weighted by atomic mass is 35.5. The number of hydrogen-bond acceptors (Lipinski definition) is 2. The summed E-state index contributed by atoms with van der Waals surface area (Å²) < 4.78 is 0. The molecule has 0 radical (unpaired) electrons. The fourth-order valence-corrected chi connectivity index (χ4v) is 1.57. The molecule has 3 N–H and O–H groups in total. The van der Waals surface area contributed by atoms with Crippen molar-refractivity contribution in [2.75, 3.05) is 5.32 Å². The third-order valence-corrected chi connectivity index (χ3v) is 2.34. The number of benzene rings is 1. The molecule has 1 aromatic rings. The summed E-state index contributed by atoms with van der Waals surface area (Å²) in [4.78, 5) is 11.2. The Kier molecular flexibility index (Phi) is 1.98. The lowest BCUT2D eigenvalue weighted by atomic mass is 10.00. The van der Waals surface area contributed by atoms with Crippen molar-refractivity contribution >= 4 is 23.2 Å². The average Bonchev–Trinajstić information content (AvgIpc) is 2.08. The van der Waals surface area contributed by atoms with Crippen molar-refractivity contribution < 1.29 is 4.79 Å². The third-order valence-electron chi connectivity index (χ3n) is 2.11. The molecule has 1 aromatic carbocycles. The van der Waals surface area contributed by atoms with Gasteiger partial charge in [-0.1, -0.05) is 17.7 Å². The molecule has 4 heteroatoms. The van der Waals surface area contributed by atoms with Gasteiger partial charge in [-0.15, -0.1) is 0 Å². The Balaban J connectivity index is 2.42. The molecule has 3 nitrogen and oxygen atoms in total. The topological polar surface area (TPSA) is 55.1 Å². The Morgan fingerprint density at radius 3 is 3.08 bits per heavy atom. The van der Waals surface area contributed by atoms with Crippen LogP contribution in [0, 0.1) is 0 Å². The molecule has 0 bridgehead atoms. The summed E-state index contributed by atoms with van der Waals surface area (Å²) in [6.45, 7) is 0. The molecule has 0 saturated heterocycles.